The lowest BCUT2D eigenvalue weighted by Crippen LogP contribution is -2.31. The van der Waals surface area contributed by atoms with Crippen LogP contribution in [0.4, 0.5) is 0 Å². The molecular weight excluding hydrogens is 240 g/mol. The maximum Gasteiger partial charge on any atom is 0.234 e. The summed E-state index contributed by atoms with van der Waals surface area (Å²) in [7, 11) is 3.41. The molecule has 4 heteroatoms. The van der Waals surface area contributed by atoms with Crippen LogP contribution in [0.2, 0.25) is 0 Å². The average Bonchev–Trinajstić information content (AvgIpc) is 2.44. The number of carbonyl (C=O) groups excluding carboxylic acids is 1. The van der Waals surface area contributed by atoms with Crippen LogP contribution in [-0.2, 0) is 11.3 Å². The monoisotopic (exact) mass is 258 g/mol. The third-order valence-electron chi connectivity index (χ3n) is 2.94. The number of hydrogen-bond donors (Lipinski definition) is 2. The van der Waals surface area contributed by atoms with Crippen LogP contribution in [-0.4, -0.2) is 26.6 Å². The van der Waals surface area contributed by atoms with Gasteiger partial charge in [-0.05, 0) is 41.6 Å². The molecule has 0 saturated heterocycles. The fourth-order valence-electron chi connectivity index (χ4n) is 1.93. The van der Waals surface area contributed by atoms with Crippen LogP contribution in [0, 0.1) is 0 Å². The van der Waals surface area contributed by atoms with Gasteiger partial charge in [-0.3, -0.25) is 4.79 Å². The van der Waals surface area contributed by atoms with Gasteiger partial charge in [-0.25, -0.2) is 0 Å². The Labute approximate surface area is 112 Å². The minimum Gasteiger partial charge on any atom is -0.497 e. The first-order valence-electron chi connectivity index (χ1n) is 6.21. The van der Waals surface area contributed by atoms with Crippen molar-refractivity contribution in [2.24, 2.45) is 0 Å². The van der Waals surface area contributed by atoms with E-state index in [1.54, 1.807) is 14.2 Å². The molecule has 4 nitrogen and oxygen atoms in total. The molecule has 100 valence electrons. The van der Waals surface area contributed by atoms with Gasteiger partial charge in [0.15, 0.2) is 0 Å². The van der Waals surface area contributed by atoms with Gasteiger partial charge < -0.3 is 15.4 Å². The summed E-state index contributed by atoms with van der Waals surface area (Å²) in [4.78, 5) is 11.4. The van der Waals surface area contributed by atoms with Crippen LogP contribution < -0.4 is 15.4 Å². The van der Waals surface area contributed by atoms with E-state index < -0.39 is 0 Å². The quantitative estimate of drug-likeness (QED) is 0.858. The molecule has 2 N–H and O–H groups in total. The van der Waals surface area contributed by atoms with Gasteiger partial charge in [-0.1, -0.05) is 18.2 Å². The Morgan fingerprint density at radius 2 is 1.89 bits per heavy atom. The lowest BCUT2D eigenvalue weighted by Gasteiger charge is -2.07. The number of amides is 1. The smallest absolute Gasteiger partial charge is 0.234 e. The van der Waals surface area contributed by atoms with Crippen molar-refractivity contribution in [3.8, 4) is 5.75 Å². The van der Waals surface area contributed by atoms with Crippen LogP contribution in [0.5, 0.6) is 5.75 Å². The predicted molar refractivity (Wildman–Crippen MR) is 76.3 cm³/mol. The van der Waals surface area contributed by atoms with Gasteiger partial charge in [0, 0.05) is 6.54 Å². The third-order valence-corrected chi connectivity index (χ3v) is 2.94. The highest BCUT2D eigenvalue weighted by molar-refractivity contribution is 5.84. The molecule has 0 aromatic heterocycles. The Morgan fingerprint density at radius 3 is 2.63 bits per heavy atom. The van der Waals surface area contributed by atoms with Crippen molar-refractivity contribution < 1.29 is 9.53 Å². The summed E-state index contributed by atoms with van der Waals surface area (Å²) in [5.41, 5.74) is 1.09. The van der Waals surface area contributed by atoms with E-state index in [4.69, 9.17) is 4.74 Å². The SMILES string of the molecule is CNCC(=O)NCc1ccc2cc(OC)ccc2c1. The predicted octanol–water partition coefficient (Wildman–Crippen LogP) is 1.68. The number of nitrogens with one attached hydrogen (secondary N) is 2. The van der Waals surface area contributed by atoms with Gasteiger partial charge in [-0.2, -0.15) is 0 Å². The number of carbonyl (C=O) groups is 1. The van der Waals surface area contributed by atoms with Crippen molar-refractivity contribution in [3.63, 3.8) is 0 Å². The summed E-state index contributed by atoms with van der Waals surface area (Å²) in [6.45, 7) is 0.882. The van der Waals surface area contributed by atoms with Gasteiger partial charge in [-0.15, -0.1) is 0 Å². The van der Waals surface area contributed by atoms with E-state index in [0.29, 0.717) is 13.1 Å². The molecule has 0 bridgehead atoms. The molecule has 2 aromatic carbocycles. The fraction of sp³-hybridized carbons (Fsp3) is 0.267. The molecule has 0 aliphatic rings. The van der Waals surface area contributed by atoms with Gasteiger partial charge in [0.25, 0.3) is 0 Å². The highest BCUT2D eigenvalue weighted by atomic mass is 16.5. The number of fused-ring (bicyclic) bond motifs is 1. The maximum absolute atomic E-state index is 11.4. The van der Waals surface area contributed by atoms with E-state index in [2.05, 4.69) is 16.7 Å². The molecular formula is C15H18N2O2. The number of likely N-dealkylation sites (N-methyl/N-ethyl adjacent to an activating group) is 1. The van der Waals surface area contributed by atoms with Crippen LogP contribution in [0.25, 0.3) is 10.8 Å². The fourth-order valence-corrected chi connectivity index (χ4v) is 1.93. The number of ether oxygens (including phenoxy) is 1. The summed E-state index contributed by atoms with van der Waals surface area (Å²) in [5.74, 6) is 0.847. The molecule has 0 heterocycles. The van der Waals surface area contributed by atoms with Gasteiger partial charge in [0.05, 0.1) is 13.7 Å². The number of methoxy groups -OCH3 is 1. The molecule has 0 radical (unpaired) electrons. The highest BCUT2D eigenvalue weighted by Crippen LogP contribution is 2.21. The summed E-state index contributed by atoms with van der Waals surface area (Å²) < 4.78 is 5.19. The molecule has 19 heavy (non-hydrogen) atoms. The van der Waals surface area contributed by atoms with Crippen LogP contribution in [0.1, 0.15) is 5.56 Å². The van der Waals surface area contributed by atoms with Gasteiger partial charge in [0.1, 0.15) is 5.75 Å². The Morgan fingerprint density at radius 1 is 1.16 bits per heavy atom. The van der Waals surface area contributed by atoms with E-state index in [1.165, 1.54) is 0 Å². The van der Waals surface area contributed by atoms with Gasteiger partial charge in [0.2, 0.25) is 5.91 Å². The lowest BCUT2D eigenvalue weighted by atomic mass is 10.1. The normalized spacial score (nSPS) is 10.4. The van der Waals surface area contributed by atoms with Crippen LogP contribution in [0.15, 0.2) is 36.4 Å². The van der Waals surface area contributed by atoms with E-state index in [-0.39, 0.29) is 5.91 Å². The van der Waals surface area contributed by atoms with Crippen molar-refractivity contribution in [2.75, 3.05) is 20.7 Å². The summed E-state index contributed by atoms with van der Waals surface area (Å²) in [6.07, 6.45) is 0. The second-order valence-electron chi connectivity index (χ2n) is 4.35. The second kappa shape index (κ2) is 6.20. The zero-order valence-corrected chi connectivity index (χ0v) is 11.2. The Balaban J connectivity index is 2.11. The minimum absolute atomic E-state index is 0.00247. The van der Waals surface area contributed by atoms with Crippen molar-refractivity contribution in [1.82, 2.24) is 10.6 Å². The molecule has 0 saturated carbocycles. The average molecular weight is 258 g/mol. The summed E-state index contributed by atoms with van der Waals surface area (Å²) in [5, 5.41) is 7.95. The van der Waals surface area contributed by atoms with E-state index in [1.807, 2.05) is 30.3 Å². The largest absolute Gasteiger partial charge is 0.497 e. The van der Waals surface area contributed by atoms with E-state index in [9.17, 15) is 4.79 Å². The third kappa shape index (κ3) is 3.45. The zero-order valence-electron chi connectivity index (χ0n) is 11.2. The maximum atomic E-state index is 11.4. The van der Waals surface area contributed by atoms with Gasteiger partial charge >= 0.3 is 0 Å². The van der Waals surface area contributed by atoms with Crippen molar-refractivity contribution in [3.05, 3.63) is 42.0 Å². The van der Waals surface area contributed by atoms with Crippen LogP contribution in [0.3, 0.4) is 0 Å². The number of rotatable bonds is 5. The van der Waals surface area contributed by atoms with Crippen LogP contribution >= 0.6 is 0 Å². The summed E-state index contributed by atoms with van der Waals surface area (Å²) >= 11 is 0. The molecule has 0 aliphatic heterocycles. The first-order valence-corrected chi connectivity index (χ1v) is 6.21. The Kier molecular flexibility index (Phi) is 4.36. The first kappa shape index (κ1) is 13.4. The lowest BCUT2D eigenvalue weighted by molar-refractivity contribution is -0.120. The molecule has 1 amide bonds. The summed E-state index contributed by atoms with van der Waals surface area (Å²) in [6, 6.07) is 12.1. The molecule has 0 atom stereocenters. The van der Waals surface area contributed by atoms with Crippen molar-refractivity contribution in [2.45, 2.75) is 6.54 Å². The molecule has 0 fully saturated rings. The Hall–Kier alpha value is -2.07. The molecule has 2 rings (SSSR count). The van der Waals surface area contributed by atoms with Crippen molar-refractivity contribution >= 4 is 16.7 Å². The van der Waals surface area contributed by atoms with E-state index >= 15 is 0 Å². The first-order chi connectivity index (χ1) is 9.22. The zero-order chi connectivity index (χ0) is 13.7. The molecule has 2 aromatic rings. The van der Waals surface area contributed by atoms with E-state index in [0.717, 1.165) is 22.1 Å². The number of benzene rings is 2. The molecule has 0 spiro atoms. The molecule has 0 unspecified atom stereocenters. The molecule has 0 aliphatic carbocycles. The Bertz CT molecular complexity index is 581. The second-order valence-corrected chi connectivity index (χ2v) is 4.35. The number of hydrogen-bond acceptors (Lipinski definition) is 3. The highest BCUT2D eigenvalue weighted by Gasteiger charge is 2.01. The van der Waals surface area contributed by atoms with Crippen molar-refractivity contribution in [1.29, 1.82) is 0 Å². The standard InChI is InChI=1S/C15H18N2O2/c1-16-10-15(18)17-9-11-3-4-13-8-14(19-2)6-5-12(13)7-11/h3-8,16H,9-10H2,1-2H3,(H,17,18). The minimum atomic E-state index is -0.00247. The topological polar surface area (TPSA) is 50.4 Å².